The zero-order valence-corrected chi connectivity index (χ0v) is 13.4. The summed E-state index contributed by atoms with van der Waals surface area (Å²) in [5.41, 5.74) is 0. The average Bonchev–Trinajstić information content (AvgIpc) is 2.86. The van der Waals surface area contributed by atoms with E-state index in [0.29, 0.717) is 13.1 Å². The summed E-state index contributed by atoms with van der Waals surface area (Å²) >= 11 is 0. The highest BCUT2D eigenvalue weighted by Crippen LogP contribution is 2.31. The predicted octanol–water partition coefficient (Wildman–Crippen LogP) is -0.0494. The van der Waals surface area contributed by atoms with Crippen LogP contribution in [0.4, 0.5) is 0 Å². The van der Waals surface area contributed by atoms with E-state index in [1.54, 1.807) is 7.05 Å². The van der Waals surface area contributed by atoms with Gasteiger partial charge in [0.05, 0.1) is 5.92 Å². The van der Waals surface area contributed by atoms with Gasteiger partial charge in [0.1, 0.15) is 6.73 Å². The fraction of sp³-hybridized carbons (Fsp3) is 0.800. The predicted molar refractivity (Wildman–Crippen MR) is 80.9 cm³/mol. The monoisotopic (exact) mass is 328 g/mol. The van der Waals surface area contributed by atoms with E-state index in [1.165, 1.54) is 4.90 Å². The molecule has 8 heteroatoms. The molecule has 2 rings (SSSR count). The topological polar surface area (TPSA) is 108 Å². The molecular weight excluding hydrogens is 302 g/mol. The number of nitrogens with one attached hydrogen (secondary N) is 2. The van der Waals surface area contributed by atoms with E-state index in [2.05, 4.69) is 20.8 Å². The Morgan fingerprint density at radius 1 is 1.39 bits per heavy atom. The number of amides is 3. The summed E-state index contributed by atoms with van der Waals surface area (Å²) in [7, 11) is 1.64. The maximum atomic E-state index is 12.4. The summed E-state index contributed by atoms with van der Waals surface area (Å²) in [6.07, 6.45) is 3.51. The second-order valence-electron chi connectivity index (χ2n) is 6.29. The van der Waals surface area contributed by atoms with Crippen LogP contribution in [-0.2, 0) is 19.3 Å². The largest absolute Gasteiger partial charge is 0.359 e. The Kier molecular flexibility index (Phi) is 5.95. The van der Waals surface area contributed by atoms with Gasteiger partial charge in [-0.2, -0.15) is 0 Å². The normalized spacial score (nSPS) is 28.8. The molecule has 3 N–H and O–H groups in total. The van der Waals surface area contributed by atoms with Gasteiger partial charge in [-0.3, -0.25) is 29.9 Å². The van der Waals surface area contributed by atoms with E-state index in [-0.39, 0.29) is 42.7 Å². The van der Waals surface area contributed by atoms with Gasteiger partial charge >= 0.3 is 0 Å². The van der Waals surface area contributed by atoms with Crippen molar-refractivity contribution < 1.29 is 24.5 Å². The fourth-order valence-electron chi connectivity index (χ4n) is 3.45. The van der Waals surface area contributed by atoms with Crippen molar-refractivity contribution in [3.05, 3.63) is 0 Å². The number of rotatable bonds is 8. The minimum Gasteiger partial charge on any atom is -0.359 e. The van der Waals surface area contributed by atoms with Crippen LogP contribution >= 0.6 is 0 Å². The minimum absolute atomic E-state index is 0.00895. The molecule has 3 amide bonds. The molecule has 130 valence electrons. The van der Waals surface area contributed by atoms with E-state index < -0.39 is 5.92 Å². The fourth-order valence-corrected chi connectivity index (χ4v) is 3.45. The van der Waals surface area contributed by atoms with Crippen molar-refractivity contribution in [1.82, 2.24) is 15.5 Å². The van der Waals surface area contributed by atoms with Crippen LogP contribution in [0.15, 0.2) is 0 Å². The third-order valence-corrected chi connectivity index (χ3v) is 4.79. The van der Waals surface area contributed by atoms with Gasteiger partial charge in [0.2, 0.25) is 17.7 Å². The third kappa shape index (κ3) is 4.49. The molecular formula is C15H25N3O5. The molecule has 1 atom stereocenters. The summed E-state index contributed by atoms with van der Waals surface area (Å²) < 4.78 is 6.37. The summed E-state index contributed by atoms with van der Waals surface area (Å²) in [5.74, 6) is -0.301. The number of carbonyl (C=O) groups is 3. The van der Waals surface area contributed by atoms with Crippen LogP contribution < -0.4 is 10.6 Å². The van der Waals surface area contributed by atoms with Gasteiger partial charge in [0.15, 0.2) is 0 Å². The highest BCUT2D eigenvalue weighted by Gasteiger charge is 2.39. The van der Waals surface area contributed by atoms with E-state index in [0.717, 1.165) is 25.7 Å². The second kappa shape index (κ2) is 8.37. The molecule has 2 fully saturated rings. The Labute approximate surface area is 137 Å². The molecule has 0 aromatic heterocycles. The van der Waals surface area contributed by atoms with Crippen LogP contribution in [0, 0.1) is 17.8 Å². The number of imide groups is 1. The van der Waals surface area contributed by atoms with Crippen LogP contribution in [0.5, 0.6) is 0 Å². The van der Waals surface area contributed by atoms with Crippen molar-refractivity contribution in [2.75, 3.05) is 26.9 Å². The van der Waals surface area contributed by atoms with Gasteiger partial charge in [-0.05, 0) is 31.6 Å². The Balaban J connectivity index is 1.77. The molecule has 23 heavy (non-hydrogen) atoms. The first-order chi connectivity index (χ1) is 11.6. The van der Waals surface area contributed by atoms with Crippen molar-refractivity contribution in [2.24, 2.45) is 17.8 Å². The zero-order valence-electron chi connectivity index (χ0n) is 14.4. The highest BCUT2D eigenvalue weighted by atomic mass is 17.1. The third-order valence-electron chi connectivity index (χ3n) is 4.79. The number of likely N-dealkylation sites (tertiary alicyclic amines) is 1. The second-order valence-corrected chi connectivity index (χ2v) is 6.29. The van der Waals surface area contributed by atoms with Gasteiger partial charge in [-0.15, -0.1) is 0 Å². The number of carbonyl (C=O) groups excluding carboxylic acids is 3. The van der Waals surface area contributed by atoms with Crippen molar-refractivity contribution in [3.8, 4) is 0 Å². The first-order valence-electron chi connectivity index (χ1n) is 8.49. The molecule has 0 bridgehead atoms. The smallest absolute Gasteiger partial charge is 0.255 e. The average molecular weight is 328 g/mol. The lowest BCUT2D eigenvalue weighted by molar-refractivity contribution is -0.247. The van der Waals surface area contributed by atoms with Crippen molar-refractivity contribution in [1.29, 1.82) is 1.43 Å². The summed E-state index contributed by atoms with van der Waals surface area (Å²) in [6, 6.07) is 0. The zero-order chi connectivity index (χ0) is 17.5. The summed E-state index contributed by atoms with van der Waals surface area (Å²) in [6.45, 7) is 0.750. The van der Waals surface area contributed by atoms with Crippen LogP contribution in [0.1, 0.15) is 32.1 Å². The van der Waals surface area contributed by atoms with Gasteiger partial charge in [-0.1, -0.05) is 0 Å². The molecule has 2 aliphatic rings. The summed E-state index contributed by atoms with van der Waals surface area (Å²) in [4.78, 5) is 41.8. The Hall–Kier alpha value is -1.51. The number of hydrogen-bond acceptors (Lipinski definition) is 6. The molecule has 1 heterocycles. The van der Waals surface area contributed by atoms with E-state index >= 15 is 0 Å². The first kappa shape index (κ1) is 16.4. The van der Waals surface area contributed by atoms with E-state index in [1.807, 2.05) is 0 Å². The molecule has 0 aromatic carbocycles. The molecule has 0 spiro atoms. The summed E-state index contributed by atoms with van der Waals surface area (Å²) in [5, 5.41) is 9.20. The minimum atomic E-state index is -0.394. The van der Waals surface area contributed by atoms with E-state index in [4.69, 9.17) is 1.43 Å². The van der Waals surface area contributed by atoms with Crippen molar-refractivity contribution in [2.45, 2.75) is 32.1 Å². The quantitative estimate of drug-likeness (QED) is 0.190. The lowest BCUT2D eigenvalue weighted by Crippen LogP contribution is -2.39. The van der Waals surface area contributed by atoms with Crippen LogP contribution in [0.3, 0.4) is 0 Å². The molecule has 0 aromatic rings. The van der Waals surface area contributed by atoms with Crippen LogP contribution in [-0.4, -0.2) is 54.7 Å². The molecule has 8 nitrogen and oxygen atoms in total. The number of hydrogen-bond donors (Lipinski definition) is 3. The van der Waals surface area contributed by atoms with Gasteiger partial charge in [0, 0.05) is 32.5 Å². The molecule has 1 aliphatic heterocycles. The molecule has 1 aliphatic carbocycles. The van der Waals surface area contributed by atoms with Crippen LogP contribution in [0.25, 0.3) is 1.43 Å². The Morgan fingerprint density at radius 3 is 2.78 bits per heavy atom. The first-order valence-corrected chi connectivity index (χ1v) is 8.08. The molecule has 1 saturated heterocycles. The highest BCUT2D eigenvalue weighted by molar-refractivity contribution is 6.03. The SMILES string of the molecule is [2H]OOCNCC1CC(=O)N(CC2CCC(C(=O)NC)CC2)C1=O. The van der Waals surface area contributed by atoms with E-state index in [9.17, 15) is 14.4 Å². The van der Waals surface area contributed by atoms with Gasteiger partial charge < -0.3 is 5.32 Å². The van der Waals surface area contributed by atoms with Gasteiger partial charge in [-0.25, -0.2) is 4.89 Å². The van der Waals surface area contributed by atoms with Crippen LogP contribution in [0.2, 0.25) is 0 Å². The van der Waals surface area contributed by atoms with Crippen molar-refractivity contribution in [3.63, 3.8) is 0 Å². The lowest BCUT2D eigenvalue weighted by atomic mass is 9.81. The standard InChI is InChI=1S/C15H25N3O5/c1-16-14(20)11-4-2-10(3-5-11)8-18-13(19)6-12(15(18)21)7-17-9-23-22/h10-12,17,22H,2-9H2,1H3,(H,16,20)/i/hD. The number of nitrogens with zero attached hydrogens (tertiary/aromatic N) is 1. The molecule has 1 unspecified atom stereocenters. The Morgan fingerprint density at radius 2 is 2.13 bits per heavy atom. The maximum absolute atomic E-state index is 12.4. The maximum Gasteiger partial charge on any atom is 0.255 e. The van der Waals surface area contributed by atoms with Crippen molar-refractivity contribution >= 4 is 17.7 Å². The molecule has 0 radical (unpaired) electrons. The Bertz CT molecular complexity index is 468. The molecule has 1 saturated carbocycles. The lowest BCUT2D eigenvalue weighted by Gasteiger charge is -2.29. The van der Waals surface area contributed by atoms with Gasteiger partial charge in [0.25, 0.3) is 1.43 Å².